The minimum atomic E-state index is 0.737. The first kappa shape index (κ1) is 12.6. The van der Waals surface area contributed by atoms with Gasteiger partial charge in [0.25, 0.3) is 0 Å². The molecule has 0 amide bonds. The average molecular weight is 236 g/mol. The van der Waals surface area contributed by atoms with Gasteiger partial charge in [0, 0.05) is 25.0 Å². The highest BCUT2D eigenvalue weighted by molar-refractivity contribution is 4.77. The second-order valence-corrected chi connectivity index (χ2v) is 4.82. The minimum absolute atomic E-state index is 0.737. The standard InChI is InChI=1S/C13H24N4/c1-2-16-9-4-13(5-10-16)15-6-3-8-17-11-7-14-12-17/h7,11-13,15H,2-6,8-10H2,1H3. The van der Waals surface area contributed by atoms with Crippen LogP contribution in [0.5, 0.6) is 0 Å². The van der Waals surface area contributed by atoms with Gasteiger partial charge in [-0.1, -0.05) is 6.92 Å². The number of hydrogen-bond acceptors (Lipinski definition) is 3. The lowest BCUT2D eigenvalue weighted by molar-refractivity contribution is 0.206. The lowest BCUT2D eigenvalue weighted by atomic mass is 10.1. The van der Waals surface area contributed by atoms with E-state index in [0.29, 0.717) is 0 Å². The zero-order valence-corrected chi connectivity index (χ0v) is 10.8. The Morgan fingerprint density at radius 2 is 2.18 bits per heavy atom. The average Bonchev–Trinajstić information content (AvgIpc) is 2.88. The third-order valence-electron chi connectivity index (χ3n) is 3.62. The van der Waals surface area contributed by atoms with Crippen molar-refractivity contribution in [2.75, 3.05) is 26.2 Å². The highest BCUT2D eigenvalue weighted by Crippen LogP contribution is 2.09. The fourth-order valence-corrected chi connectivity index (χ4v) is 2.44. The molecule has 2 rings (SSSR count). The Labute approximate surface area is 104 Å². The smallest absolute Gasteiger partial charge is 0.0945 e. The zero-order valence-electron chi connectivity index (χ0n) is 10.8. The van der Waals surface area contributed by atoms with Gasteiger partial charge in [-0.3, -0.25) is 0 Å². The molecule has 0 radical (unpaired) electrons. The van der Waals surface area contributed by atoms with Gasteiger partial charge in [0.05, 0.1) is 6.33 Å². The molecule has 0 atom stereocenters. The SMILES string of the molecule is CCN1CCC(NCCCn2ccnc2)CC1. The van der Waals surface area contributed by atoms with Crippen molar-refractivity contribution in [3.05, 3.63) is 18.7 Å². The molecule has 0 aliphatic carbocycles. The maximum absolute atomic E-state index is 4.05. The molecule has 0 saturated carbocycles. The highest BCUT2D eigenvalue weighted by Gasteiger charge is 2.16. The van der Waals surface area contributed by atoms with Crippen molar-refractivity contribution in [3.8, 4) is 0 Å². The maximum atomic E-state index is 4.05. The summed E-state index contributed by atoms with van der Waals surface area (Å²) in [6, 6.07) is 0.737. The molecule has 0 unspecified atom stereocenters. The van der Waals surface area contributed by atoms with Crippen LogP contribution in [0.3, 0.4) is 0 Å². The van der Waals surface area contributed by atoms with Crippen LogP contribution in [0.25, 0.3) is 0 Å². The quantitative estimate of drug-likeness (QED) is 0.757. The van der Waals surface area contributed by atoms with E-state index in [-0.39, 0.29) is 0 Å². The van der Waals surface area contributed by atoms with Gasteiger partial charge in [0.2, 0.25) is 0 Å². The van der Waals surface area contributed by atoms with Crippen molar-refractivity contribution in [1.29, 1.82) is 0 Å². The van der Waals surface area contributed by atoms with Gasteiger partial charge in [0.1, 0.15) is 0 Å². The third kappa shape index (κ3) is 4.13. The van der Waals surface area contributed by atoms with Crippen molar-refractivity contribution >= 4 is 0 Å². The first-order valence-electron chi connectivity index (χ1n) is 6.80. The fraction of sp³-hybridized carbons (Fsp3) is 0.769. The molecule has 0 spiro atoms. The lowest BCUT2D eigenvalue weighted by Crippen LogP contribution is -2.42. The molecule has 4 heteroatoms. The van der Waals surface area contributed by atoms with Crippen molar-refractivity contribution in [1.82, 2.24) is 19.8 Å². The summed E-state index contributed by atoms with van der Waals surface area (Å²) in [6.45, 7) is 8.16. The van der Waals surface area contributed by atoms with Crippen molar-refractivity contribution in [3.63, 3.8) is 0 Å². The van der Waals surface area contributed by atoms with Crippen LogP contribution in [0.2, 0.25) is 0 Å². The van der Waals surface area contributed by atoms with E-state index in [1.807, 2.05) is 18.7 Å². The van der Waals surface area contributed by atoms with Crippen molar-refractivity contribution in [2.24, 2.45) is 0 Å². The Kier molecular flexibility index (Phi) is 5.01. The van der Waals surface area contributed by atoms with Crippen molar-refractivity contribution in [2.45, 2.75) is 38.8 Å². The summed E-state index contributed by atoms with van der Waals surface area (Å²) in [5.41, 5.74) is 0. The summed E-state index contributed by atoms with van der Waals surface area (Å²) >= 11 is 0. The normalized spacial score (nSPS) is 18.6. The molecular weight excluding hydrogens is 212 g/mol. The molecule has 4 nitrogen and oxygen atoms in total. The number of nitrogens with zero attached hydrogens (tertiary/aromatic N) is 3. The first-order valence-corrected chi connectivity index (χ1v) is 6.80. The van der Waals surface area contributed by atoms with E-state index >= 15 is 0 Å². The summed E-state index contributed by atoms with van der Waals surface area (Å²) in [5.74, 6) is 0. The molecule has 1 aliphatic rings. The Bertz CT molecular complexity index is 288. The van der Waals surface area contributed by atoms with Gasteiger partial charge >= 0.3 is 0 Å². The van der Waals surface area contributed by atoms with Crippen LogP contribution in [0.1, 0.15) is 26.2 Å². The van der Waals surface area contributed by atoms with Gasteiger partial charge in [-0.15, -0.1) is 0 Å². The molecule has 17 heavy (non-hydrogen) atoms. The molecular formula is C13H24N4. The summed E-state index contributed by atoms with van der Waals surface area (Å²) in [4.78, 5) is 6.58. The summed E-state index contributed by atoms with van der Waals surface area (Å²) in [7, 11) is 0. The topological polar surface area (TPSA) is 33.1 Å². The molecule has 1 aromatic heterocycles. The summed E-state index contributed by atoms with van der Waals surface area (Å²) in [5, 5.41) is 3.67. The van der Waals surface area contributed by atoms with Crippen LogP contribution in [0.4, 0.5) is 0 Å². The van der Waals surface area contributed by atoms with E-state index < -0.39 is 0 Å². The molecule has 1 fully saturated rings. The monoisotopic (exact) mass is 236 g/mol. The molecule has 2 heterocycles. The largest absolute Gasteiger partial charge is 0.337 e. The Morgan fingerprint density at radius 1 is 1.35 bits per heavy atom. The van der Waals surface area contributed by atoms with E-state index in [1.54, 1.807) is 0 Å². The van der Waals surface area contributed by atoms with Crippen LogP contribution in [0, 0.1) is 0 Å². The number of rotatable bonds is 6. The van der Waals surface area contributed by atoms with Crippen LogP contribution in [-0.4, -0.2) is 46.7 Å². The molecule has 1 N–H and O–H groups in total. The summed E-state index contributed by atoms with van der Waals surface area (Å²) in [6.07, 6.45) is 9.55. The highest BCUT2D eigenvalue weighted by atomic mass is 15.1. The predicted molar refractivity (Wildman–Crippen MR) is 70.0 cm³/mol. The number of likely N-dealkylation sites (tertiary alicyclic amines) is 1. The molecule has 1 saturated heterocycles. The van der Waals surface area contributed by atoms with Crippen LogP contribution in [0.15, 0.2) is 18.7 Å². The lowest BCUT2D eigenvalue weighted by Gasteiger charge is -2.31. The Hall–Kier alpha value is -0.870. The maximum Gasteiger partial charge on any atom is 0.0945 e. The second kappa shape index (κ2) is 6.77. The molecule has 0 aromatic carbocycles. The van der Waals surface area contributed by atoms with Crippen LogP contribution >= 0.6 is 0 Å². The number of aryl methyl sites for hydroxylation is 1. The van der Waals surface area contributed by atoms with E-state index in [4.69, 9.17) is 0 Å². The van der Waals surface area contributed by atoms with Crippen molar-refractivity contribution < 1.29 is 0 Å². The minimum Gasteiger partial charge on any atom is -0.337 e. The van der Waals surface area contributed by atoms with Gasteiger partial charge in [-0.05, 0) is 45.4 Å². The van der Waals surface area contributed by atoms with Crippen LogP contribution < -0.4 is 5.32 Å². The molecule has 96 valence electrons. The van der Waals surface area contributed by atoms with E-state index in [9.17, 15) is 0 Å². The fourth-order valence-electron chi connectivity index (χ4n) is 2.44. The second-order valence-electron chi connectivity index (χ2n) is 4.82. The van der Waals surface area contributed by atoms with E-state index in [0.717, 1.165) is 19.1 Å². The third-order valence-corrected chi connectivity index (χ3v) is 3.62. The van der Waals surface area contributed by atoms with Gasteiger partial charge in [-0.25, -0.2) is 4.98 Å². The number of aromatic nitrogens is 2. The summed E-state index contributed by atoms with van der Waals surface area (Å²) < 4.78 is 2.14. The Morgan fingerprint density at radius 3 is 2.82 bits per heavy atom. The predicted octanol–water partition coefficient (Wildman–Crippen LogP) is 1.35. The van der Waals surface area contributed by atoms with E-state index in [1.165, 1.54) is 38.9 Å². The number of piperidine rings is 1. The number of nitrogens with one attached hydrogen (secondary N) is 1. The number of imidazole rings is 1. The van der Waals surface area contributed by atoms with Gasteiger partial charge in [0.15, 0.2) is 0 Å². The Balaban J connectivity index is 1.54. The first-order chi connectivity index (χ1) is 8.38. The van der Waals surface area contributed by atoms with Gasteiger partial charge in [-0.2, -0.15) is 0 Å². The van der Waals surface area contributed by atoms with E-state index in [2.05, 4.69) is 26.7 Å². The van der Waals surface area contributed by atoms with Gasteiger partial charge < -0.3 is 14.8 Å². The zero-order chi connectivity index (χ0) is 11.9. The molecule has 1 aliphatic heterocycles. The number of hydrogen-bond donors (Lipinski definition) is 1. The molecule has 1 aromatic rings. The molecule has 0 bridgehead atoms. The van der Waals surface area contributed by atoms with Crippen LogP contribution in [-0.2, 0) is 6.54 Å².